The SMILES string of the molecule is CNc1cn(-c2cccnc2)nc1C.Cl.Cl. The van der Waals surface area contributed by atoms with Crippen LogP contribution in [0.1, 0.15) is 5.69 Å². The first-order chi connectivity index (χ1) is 6.81. The van der Waals surface area contributed by atoms with Gasteiger partial charge in [0.15, 0.2) is 0 Å². The number of nitrogens with zero attached hydrogens (tertiary/aromatic N) is 3. The Labute approximate surface area is 107 Å². The average Bonchev–Trinajstić information content (AvgIpc) is 2.61. The monoisotopic (exact) mass is 260 g/mol. The fraction of sp³-hybridized carbons (Fsp3) is 0.200. The van der Waals surface area contributed by atoms with Gasteiger partial charge in [-0.1, -0.05) is 0 Å². The van der Waals surface area contributed by atoms with Crippen LogP contribution in [-0.2, 0) is 0 Å². The molecule has 0 saturated carbocycles. The fourth-order valence-corrected chi connectivity index (χ4v) is 1.33. The number of nitrogens with one attached hydrogen (secondary N) is 1. The Morgan fingerprint density at radius 2 is 2.06 bits per heavy atom. The van der Waals surface area contributed by atoms with E-state index in [0.717, 1.165) is 17.1 Å². The van der Waals surface area contributed by atoms with Crippen LogP contribution >= 0.6 is 24.8 Å². The van der Waals surface area contributed by atoms with Crippen molar-refractivity contribution in [2.24, 2.45) is 0 Å². The number of pyridine rings is 1. The van der Waals surface area contributed by atoms with Gasteiger partial charge in [0, 0.05) is 13.2 Å². The van der Waals surface area contributed by atoms with Gasteiger partial charge in [0.05, 0.1) is 29.5 Å². The molecule has 2 aromatic rings. The van der Waals surface area contributed by atoms with E-state index in [1.54, 1.807) is 12.4 Å². The van der Waals surface area contributed by atoms with Crippen molar-refractivity contribution < 1.29 is 0 Å². The molecule has 2 rings (SSSR count). The van der Waals surface area contributed by atoms with Crippen molar-refractivity contribution in [2.75, 3.05) is 12.4 Å². The third kappa shape index (κ3) is 2.87. The highest BCUT2D eigenvalue weighted by Crippen LogP contribution is 2.14. The van der Waals surface area contributed by atoms with Gasteiger partial charge in [-0.25, -0.2) is 4.68 Å². The summed E-state index contributed by atoms with van der Waals surface area (Å²) < 4.78 is 1.81. The van der Waals surface area contributed by atoms with Crippen LogP contribution in [0.15, 0.2) is 30.7 Å². The summed E-state index contributed by atoms with van der Waals surface area (Å²) in [6, 6.07) is 3.87. The largest absolute Gasteiger partial charge is 0.385 e. The lowest BCUT2D eigenvalue weighted by atomic mass is 10.4. The molecule has 0 amide bonds. The normalized spacial score (nSPS) is 8.88. The molecule has 88 valence electrons. The predicted octanol–water partition coefficient (Wildman–Crippen LogP) is 2.46. The second kappa shape index (κ2) is 6.35. The van der Waals surface area contributed by atoms with Gasteiger partial charge in [0.25, 0.3) is 0 Å². The Bertz CT molecular complexity index is 428. The van der Waals surface area contributed by atoms with E-state index in [1.165, 1.54) is 0 Å². The van der Waals surface area contributed by atoms with E-state index in [1.807, 2.05) is 37.0 Å². The molecular formula is C10H14Cl2N4. The van der Waals surface area contributed by atoms with Crippen molar-refractivity contribution in [3.63, 3.8) is 0 Å². The van der Waals surface area contributed by atoms with Crippen LogP contribution in [0, 0.1) is 6.92 Å². The second-order valence-electron chi connectivity index (χ2n) is 3.03. The number of halogens is 2. The number of hydrogen-bond acceptors (Lipinski definition) is 3. The quantitative estimate of drug-likeness (QED) is 0.903. The highest BCUT2D eigenvalue weighted by molar-refractivity contribution is 5.85. The first-order valence-electron chi connectivity index (χ1n) is 4.45. The molecule has 6 heteroatoms. The van der Waals surface area contributed by atoms with Crippen molar-refractivity contribution in [1.82, 2.24) is 14.8 Å². The molecule has 0 spiro atoms. The molecule has 16 heavy (non-hydrogen) atoms. The van der Waals surface area contributed by atoms with E-state index in [4.69, 9.17) is 0 Å². The maximum absolute atomic E-state index is 4.37. The lowest BCUT2D eigenvalue weighted by Crippen LogP contribution is -1.94. The van der Waals surface area contributed by atoms with Crippen LogP contribution in [0.4, 0.5) is 5.69 Å². The van der Waals surface area contributed by atoms with Gasteiger partial charge in [-0.2, -0.15) is 5.10 Å². The minimum Gasteiger partial charge on any atom is -0.385 e. The Balaban J connectivity index is 0.00000112. The van der Waals surface area contributed by atoms with Crippen molar-refractivity contribution in [3.05, 3.63) is 36.4 Å². The summed E-state index contributed by atoms with van der Waals surface area (Å²) in [5, 5.41) is 7.45. The Morgan fingerprint density at radius 1 is 1.31 bits per heavy atom. The molecule has 1 N–H and O–H groups in total. The van der Waals surface area contributed by atoms with E-state index >= 15 is 0 Å². The van der Waals surface area contributed by atoms with Crippen LogP contribution < -0.4 is 5.32 Å². The molecule has 0 unspecified atom stereocenters. The van der Waals surface area contributed by atoms with Crippen LogP contribution in [0.5, 0.6) is 0 Å². The molecule has 0 aliphatic heterocycles. The van der Waals surface area contributed by atoms with Gasteiger partial charge in [0.1, 0.15) is 0 Å². The molecule has 2 aromatic heterocycles. The predicted molar refractivity (Wildman–Crippen MR) is 70.1 cm³/mol. The zero-order valence-electron chi connectivity index (χ0n) is 9.04. The van der Waals surface area contributed by atoms with Crippen molar-refractivity contribution in [1.29, 1.82) is 0 Å². The van der Waals surface area contributed by atoms with Crippen molar-refractivity contribution in [2.45, 2.75) is 6.92 Å². The Hall–Kier alpha value is -1.26. The van der Waals surface area contributed by atoms with Gasteiger partial charge >= 0.3 is 0 Å². The van der Waals surface area contributed by atoms with Gasteiger partial charge in [-0.05, 0) is 19.1 Å². The second-order valence-corrected chi connectivity index (χ2v) is 3.03. The molecule has 0 aromatic carbocycles. The maximum atomic E-state index is 4.37. The summed E-state index contributed by atoms with van der Waals surface area (Å²) in [6.45, 7) is 1.97. The minimum absolute atomic E-state index is 0. The smallest absolute Gasteiger partial charge is 0.0829 e. The summed E-state index contributed by atoms with van der Waals surface area (Å²) >= 11 is 0. The van der Waals surface area contributed by atoms with Crippen LogP contribution in [0.25, 0.3) is 5.69 Å². The Kier molecular flexibility index (Phi) is 5.85. The standard InChI is InChI=1S/C10H12N4.2ClH/c1-8-10(11-2)7-14(13-8)9-4-3-5-12-6-9;;/h3-7,11H,1-2H3;2*1H. The summed E-state index contributed by atoms with van der Waals surface area (Å²) in [6.07, 6.45) is 5.48. The molecule has 0 fully saturated rings. The van der Waals surface area contributed by atoms with Gasteiger partial charge < -0.3 is 5.32 Å². The van der Waals surface area contributed by atoms with Crippen LogP contribution in [0.3, 0.4) is 0 Å². The first kappa shape index (κ1) is 14.7. The van der Waals surface area contributed by atoms with E-state index in [0.29, 0.717) is 0 Å². The van der Waals surface area contributed by atoms with E-state index in [9.17, 15) is 0 Å². The first-order valence-corrected chi connectivity index (χ1v) is 4.45. The minimum atomic E-state index is 0. The maximum Gasteiger partial charge on any atom is 0.0829 e. The molecule has 4 nitrogen and oxygen atoms in total. The number of hydrogen-bond donors (Lipinski definition) is 1. The number of aryl methyl sites for hydroxylation is 1. The summed E-state index contributed by atoms with van der Waals surface area (Å²) in [4.78, 5) is 4.04. The van der Waals surface area contributed by atoms with E-state index in [2.05, 4.69) is 15.4 Å². The molecule has 0 saturated heterocycles. The summed E-state index contributed by atoms with van der Waals surface area (Å²) in [7, 11) is 1.89. The van der Waals surface area contributed by atoms with Gasteiger partial charge in [-0.15, -0.1) is 24.8 Å². The Morgan fingerprint density at radius 3 is 2.56 bits per heavy atom. The topological polar surface area (TPSA) is 42.7 Å². The van der Waals surface area contributed by atoms with E-state index in [-0.39, 0.29) is 24.8 Å². The highest BCUT2D eigenvalue weighted by Gasteiger charge is 2.03. The van der Waals surface area contributed by atoms with Gasteiger partial charge in [-0.3, -0.25) is 4.98 Å². The highest BCUT2D eigenvalue weighted by atomic mass is 35.5. The van der Waals surface area contributed by atoms with Crippen LogP contribution in [0.2, 0.25) is 0 Å². The average molecular weight is 261 g/mol. The number of rotatable bonds is 2. The number of aromatic nitrogens is 3. The molecule has 0 radical (unpaired) electrons. The zero-order chi connectivity index (χ0) is 9.97. The molecule has 0 aliphatic rings. The molecular weight excluding hydrogens is 247 g/mol. The molecule has 0 aliphatic carbocycles. The van der Waals surface area contributed by atoms with Crippen molar-refractivity contribution >= 4 is 30.5 Å². The lowest BCUT2D eigenvalue weighted by molar-refractivity contribution is 0.857. The van der Waals surface area contributed by atoms with Crippen LogP contribution in [-0.4, -0.2) is 21.8 Å². The lowest BCUT2D eigenvalue weighted by Gasteiger charge is -1.97. The molecule has 0 bridgehead atoms. The summed E-state index contributed by atoms with van der Waals surface area (Å²) in [5.41, 5.74) is 2.99. The van der Waals surface area contributed by atoms with Gasteiger partial charge in [0.2, 0.25) is 0 Å². The zero-order valence-corrected chi connectivity index (χ0v) is 10.7. The van der Waals surface area contributed by atoms with Crippen molar-refractivity contribution in [3.8, 4) is 5.69 Å². The summed E-state index contributed by atoms with van der Waals surface area (Å²) in [5.74, 6) is 0. The molecule has 0 atom stereocenters. The third-order valence-electron chi connectivity index (χ3n) is 2.08. The molecule has 2 heterocycles. The number of anilines is 1. The third-order valence-corrected chi connectivity index (χ3v) is 2.08. The fourth-order valence-electron chi connectivity index (χ4n) is 1.33. The van der Waals surface area contributed by atoms with E-state index < -0.39 is 0 Å².